The molecule has 3 rings (SSSR count). The van der Waals surface area contributed by atoms with E-state index in [1.165, 1.54) is 31.5 Å². The molecule has 1 unspecified atom stereocenters. The third-order valence-corrected chi connectivity index (χ3v) is 5.55. The number of nitrogens with one attached hydrogen (secondary N) is 1. The fourth-order valence-corrected chi connectivity index (χ4v) is 3.73. The van der Waals surface area contributed by atoms with Crippen molar-refractivity contribution in [1.82, 2.24) is 10.2 Å². The van der Waals surface area contributed by atoms with Crippen molar-refractivity contribution < 1.29 is 0 Å². The average Bonchev–Trinajstić information content (AvgIpc) is 3.21. The molecule has 0 amide bonds. The number of benzene rings is 1. The highest BCUT2D eigenvalue weighted by Gasteiger charge is 2.47. The molecule has 1 aromatic rings. The third kappa shape index (κ3) is 2.64. The summed E-state index contributed by atoms with van der Waals surface area (Å²) >= 11 is 0. The van der Waals surface area contributed by atoms with Crippen LogP contribution in [0.5, 0.6) is 0 Å². The maximum absolute atomic E-state index is 3.74. The van der Waals surface area contributed by atoms with Crippen molar-refractivity contribution in [1.29, 1.82) is 0 Å². The summed E-state index contributed by atoms with van der Waals surface area (Å²) in [6.45, 7) is 11.8. The quantitative estimate of drug-likeness (QED) is 0.905. The van der Waals surface area contributed by atoms with Crippen LogP contribution in [0.2, 0.25) is 0 Å². The zero-order valence-corrected chi connectivity index (χ0v) is 13.2. The second-order valence-electron chi connectivity index (χ2n) is 7.35. The molecule has 0 spiro atoms. The normalized spacial score (nSPS) is 29.6. The van der Waals surface area contributed by atoms with Gasteiger partial charge >= 0.3 is 0 Å². The molecule has 2 fully saturated rings. The summed E-state index contributed by atoms with van der Waals surface area (Å²) in [5.74, 6) is 0.820. The van der Waals surface area contributed by atoms with E-state index in [0.717, 1.165) is 19.0 Å². The smallest absolute Gasteiger partial charge is 0.0535 e. The molecular formula is C18H28N2. The Kier molecular flexibility index (Phi) is 3.64. The van der Waals surface area contributed by atoms with Crippen molar-refractivity contribution in [2.75, 3.05) is 26.2 Å². The van der Waals surface area contributed by atoms with Crippen molar-refractivity contribution in [3.8, 4) is 0 Å². The number of piperazine rings is 1. The lowest BCUT2D eigenvalue weighted by atomic mass is 9.87. The van der Waals surface area contributed by atoms with Gasteiger partial charge in [-0.15, -0.1) is 0 Å². The Labute approximate surface area is 123 Å². The lowest BCUT2D eigenvalue weighted by Crippen LogP contribution is -2.57. The Morgan fingerprint density at radius 3 is 2.50 bits per heavy atom. The number of hydrogen-bond acceptors (Lipinski definition) is 2. The van der Waals surface area contributed by atoms with Gasteiger partial charge in [-0.2, -0.15) is 0 Å². The topological polar surface area (TPSA) is 15.3 Å². The fourth-order valence-electron chi connectivity index (χ4n) is 3.73. The van der Waals surface area contributed by atoms with Crippen LogP contribution in [0.25, 0.3) is 0 Å². The van der Waals surface area contributed by atoms with Gasteiger partial charge in [-0.3, -0.25) is 4.90 Å². The van der Waals surface area contributed by atoms with Gasteiger partial charge in [0.25, 0.3) is 0 Å². The van der Waals surface area contributed by atoms with E-state index in [9.17, 15) is 0 Å². The highest BCUT2D eigenvalue weighted by molar-refractivity contribution is 5.25. The largest absolute Gasteiger partial charge is 0.305 e. The Morgan fingerprint density at radius 1 is 1.20 bits per heavy atom. The molecule has 1 N–H and O–H groups in total. The van der Waals surface area contributed by atoms with Crippen LogP contribution in [0.3, 0.4) is 0 Å². The van der Waals surface area contributed by atoms with E-state index in [0.29, 0.717) is 5.41 Å². The van der Waals surface area contributed by atoms with Gasteiger partial charge in [0.2, 0.25) is 0 Å². The van der Waals surface area contributed by atoms with Crippen LogP contribution in [-0.2, 0) is 5.54 Å². The van der Waals surface area contributed by atoms with Gasteiger partial charge in [-0.05, 0) is 36.7 Å². The van der Waals surface area contributed by atoms with E-state index in [4.69, 9.17) is 0 Å². The first-order valence-electron chi connectivity index (χ1n) is 8.07. The minimum atomic E-state index is 0.104. The van der Waals surface area contributed by atoms with Crippen molar-refractivity contribution in [2.24, 2.45) is 11.3 Å². The van der Waals surface area contributed by atoms with Crippen molar-refractivity contribution >= 4 is 0 Å². The van der Waals surface area contributed by atoms with Gasteiger partial charge in [0.1, 0.15) is 0 Å². The number of rotatable bonds is 4. The molecule has 110 valence electrons. The van der Waals surface area contributed by atoms with Crippen molar-refractivity contribution in [3.05, 3.63) is 35.9 Å². The SMILES string of the molecule is CC(C)C1(CN2CCNC(C)(c3ccccc3)C2)CC1. The Bertz CT molecular complexity index is 450. The summed E-state index contributed by atoms with van der Waals surface area (Å²) in [5, 5.41) is 3.74. The van der Waals surface area contributed by atoms with E-state index in [1.54, 1.807) is 0 Å². The highest BCUT2D eigenvalue weighted by Crippen LogP contribution is 2.52. The van der Waals surface area contributed by atoms with Crippen molar-refractivity contribution in [3.63, 3.8) is 0 Å². The standard InChI is InChI=1S/C18H28N2/c1-15(2)18(9-10-18)14-20-12-11-19-17(3,13-20)16-7-5-4-6-8-16/h4-8,15,19H,9-14H2,1-3H3. The van der Waals surface area contributed by atoms with Gasteiger partial charge in [0.15, 0.2) is 0 Å². The molecule has 20 heavy (non-hydrogen) atoms. The maximum atomic E-state index is 3.74. The van der Waals surface area contributed by atoms with Crippen LogP contribution in [0.15, 0.2) is 30.3 Å². The second kappa shape index (κ2) is 5.16. The fraction of sp³-hybridized carbons (Fsp3) is 0.667. The van der Waals surface area contributed by atoms with Gasteiger partial charge in [0, 0.05) is 26.2 Å². The monoisotopic (exact) mass is 272 g/mol. The van der Waals surface area contributed by atoms with Gasteiger partial charge < -0.3 is 5.32 Å². The minimum absolute atomic E-state index is 0.104. The Morgan fingerprint density at radius 2 is 1.90 bits per heavy atom. The number of hydrogen-bond donors (Lipinski definition) is 1. The molecule has 1 aromatic carbocycles. The van der Waals surface area contributed by atoms with Gasteiger partial charge in [-0.25, -0.2) is 0 Å². The van der Waals surface area contributed by atoms with Gasteiger partial charge in [-0.1, -0.05) is 44.2 Å². The zero-order valence-electron chi connectivity index (χ0n) is 13.2. The molecule has 1 saturated carbocycles. The van der Waals surface area contributed by atoms with Gasteiger partial charge in [0.05, 0.1) is 5.54 Å². The molecule has 1 heterocycles. The second-order valence-corrected chi connectivity index (χ2v) is 7.35. The molecule has 1 saturated heterocycles. The molecule has 0 radical (unpaired) electrons. The molecule has 0 bridgehead atoms. The molecule has 2 heteroatoms. The molecule has 1 aliphatic heterocycles. The van der Waals surface area contributed by atoms with E-state index in [-0.39, 0.29) is 5.54 Å². The molecule has 0 aromatic heterocycles. The lowest BCUT2D eigenvalue weighted by Gasteiger charge is -2.43. The first-order chi connectivity index (χ1) is 9.54. The molecule has 2 nitrogen and oxygen atoms in total. The van der Waals surface area contributed by atoms with Crippen LogP contribution in [-0.4, -0.2) is 31.1 Å². The van der Waals surface area contributed by atoms with E-state index < -0.39 is 0 Å². The first-order valence-corrected chi connectivity index (χ1v) is 8.07. The predicted octanol–water partition coefficient (Wildman–Crippen LogP) is 3.24. The minimum Gasteiger partial charge on any atom is -0.305 e. The number of nitrogens with zero attached hydrogens (tertiary/aromatic N) is 1. The van der Waals surface area contributed by atoms with Crippen molar-refractivity contribution in [2.45, 2.75) is 39.2 Å². The van der Waals surface area contributed by atoms with Crippen LogP contribution in [0, 0.1) is 11.3 Å². The zero-order chi connectivity index (χ0) is 14.2. The predicted molar refractivity (Wildman–Crippen MR) is 84.7 cm³/mol. The third-order valence-electron chi connectivity index (χ3n) is 5.55. The average molecular weight is 272 g/mol. The summed E-state index contributed by atoms with van der Waals surface area (Å²) in [6, 6.07) is 10.9. The van der Waals surface area contributed by atoms with Crippen LogP contribution < -0.4 is 5.32 Å². The summed E-state index contributed by atoms with van der Waals surface area (Å²) in [5.41, 5.74) is 2.14. The van der Waals surface area contributed by atoms with Crippen LogP contribution in [0.4, 0.5) is 0 Å². The molecule has 1 atom stereocenters. The maximum Gasteiger partial charge on any atom is 0.0535 e. The first kappa shape index (κ1) is 14.1. The lowest BCUT2D eigenvalue weighted by molar-refractivity contribution is 0.106. The summed E-state index contributed by atoms with van der Waals surface area (Å²) < 4.78 is 0. The molecular weight excluding hydrogens is 244 g/mol. The van der Waals surface area contributed by atoms with E-state index >= 15 is 0 Å². The molecule has 1 aliphatic carbocycles. The van der Waals surface area contributed by atoms with E-state index in [2.05, 4.69) is 61.3 Å². The molecule has 2 aliphatic rings. The summed E-state index contributed by atoms with van der Waals surface area (Å²) in [7, 11) is 0. The van der Waals surface area contributed by atoms with Crippen LogP contribution >= 0.6 is 0 Å². The van der Waals surface area contributed by atoms with Crippen LogP contribution in [0.1, 0.15) is 39.2 Å². The Balaban J connectivity index is 1.71. The summed E-state index contributed by atoms with van der Waals surface area (Å²) in [6.07, 6.45) is 2.85. The summed E-state index contributed by atoms with van der Waals surface area (Å²) in [4.78, 5) is 2.69. The highest BCUT2D eigenvalue weighted by atomic mass is 15.2. The van der Waals surface area contributed by atoms with E-state index in [1.807, 2.05) is 0 Å². The Hall–Kier alpha value is -0.860.